The first-order valence-corrected chi connectivity index (χ1v) is 20.7. The van der Waals surface area contributed by atoms with E-state index < -0.39 is 59.7 Å². The van der Waals surface area contributed by atoms with E-state index in [0.29, 0.717) is 50.6 Å². The van der Waals surface area contributed by atoms with Crippen LogP contribution in [0.1, 0.15) is 69.4 Å². The number of phenolic OH excluding ortho intramolecular Hbond substituents is 1. The highest BCUT2D eigenvalue weighted by Crippen LogP contribution is 2.19. The Morgan fingerprint density at radius 3 is 2.00 bits per heavy atom. The summed E-state index contributed by atoms with van der Waals surface area (Å²) in [4.78, 5) is 76.6. The maximum Gasteiger partial charge on any atom is 0.246 e. The lowest BCUT2D eigenvalue weighted by Crippen LogP contribution is -2.59. The second-order valence-corrected chi connectivity index (χ2v) is 15.2. The van der Waals surface area contributed by atoms with Gasteiger partial charge in [0, 0.05) is 38.1 Å². The topological polar surface area (TPSA) is 271 Å². The smallest absolute Gasteiger partial charge is 0.246 e. The molecule has 318 valence electrons. The van der Waals surface area contributed by atoms with Crippen LogP contribution >= 0.6 is 12.6 Å². The first-order valence-electron chi connectivity index (χ1n) is 20.0. The largest absolute Gasteiger partial charge is 0.508 e. The molecular formula is C42H58N10O6S. The molecule has 59 heavy (non-hydrogen) atoms. The molecule has 5 amide bonds. The van der Waals surface area contributed by atoms with Gasteiger partial charge in [-0.15, -0.1) is 0 Å². The molecule has 3 aromatic carbocycles. The number of nitrogens with one attached hydrogen (secondary N) is 5. The monoisotopic (exact) mass is 830 g/mol. The number of phenols is 1. The Labute approximate surface area is 350 Å². The first kappa shape index (κ1) is 45.9. The third kappa shape index (κ3) is 14.5. The van der Waals surface area contributed by atoms with Crippen molar-refractivity contribution in [2.75, 3.05) is 18.8 Å². The molecule has 1 fully saturated rings. The van der Waals surface area contributed by atoms with Gasteiger partial charge in [-0.2, -0.15) is 12.6 Å². The van der Waals surface area contributed by atoms with E-state index in [1.807, 2.05) is 42.5 Å². The summed E-state index contributed by atoms with van der Waals surface area (Å²) in [6.45, 7) is 2.17. The van der Waals surface area contributed by atoms with Crippen LogP contribution in [-0.4, -0.2) is 100 Å². The van der Waals surface area contributed by atoms with Crippen molar-refractivity contribution in [1.29, 1.82) is 5.41 Å². The van der Waals surface area contributed by atoms with Crippen molar-refractivity contribution in [3.63, 3.8) is 0 Å². The number of amidine groups is 1. The number of nitrogens with two attached hydrogens (primary N) is 3. The average Bonchev–Trinajstić information content (AvgIpc) is 3.21. The van der Waals surface area contributed by atoms with E-state index in [9.17, 15) is 29.1 Å². The number of unbranched alkanes of at least 4 members (excludes halogenated alkanes) is 4. The number of fused-ring (bicyclic) bond motifs is 1. The summed E-state index contributed by atoms with van der Waals surface area (Å²) >= 11 is 4.39. The molecule has 1 aliphatic rings. The fourth-order valence-electron chi connectivity index (χ4n) is 6.91. The van der Waals surface area contributed by atoms with E-state index in [2.05, 4.69) is 38.9 Å². The van der Waals surface area contributed by atoms with Crippen LogP contribution in [0, 0.1) is 5.41 Å². The summed E-state index contributed by atoms with van der Waals surface area (Å²) in [5, 5.41) is 30.7. The average molecular weight is 831 g/mol. The maximum absolute atomic E-state index is 14.6. The Bertz CT molecular complexity index is 1960. The maximum atomic E-state index is 14.6. The van der Waals surface area contributed by atoms with Crippen LogP contribution in [0.3, 0.4) is 0 Å². The van der Waals surface area contributed by atoms with Gasteiger partial charge >= 0.3 is 0 Å². The fourth-order valence-corrected chi connectivity index (χ4v) is 7.16. The Morgan fingerprint density at radius 2 is 1.31 bits per heavy atom. The highest BCUT2D eigenvalue weighted by atomic mass is 32.1. The van der Waals surface area contributed by atoms with Crippen molar-refractivity contribution in [2.24, 2.45) is 22.2 Å². The summed E-state index contributed by atoms with van der Waals surface area (Å²) in [5.41, 5.74) is 17.8. The number of nitrogens with zero attached hydrogens (tertiary/aromatic N) is 2. The standard InChI is InChI=1S/C42H58N10O6S/c1-26-37(54)48-32(12-6-7-13-36(43)44)38(55)49-33(24-28-14-17-29-10-4-5-11-30(29)22-28)39(56)51-35(25-59)40(57)50-34(23-27-15-18-31(53)19-16-27)41(58)52(26)21-9-3-2-8-20-47-42(45)46/h4-5,10-11,14-19,22,26,32-35,53,59H,2-3,6-9,12-13,20-21,23-25H2,1H3,(H3,43,44)(H,48,54)(H,49,55)(H,50,57)(H,51,56)(H4,45,46,47)/t26-,32+,33+,34-,35-/m1/s1. The summed E-state index contributed by atoms with van der Waals surface area (Å²) in [6.07, 6.45) is 4.08. The van der Waals surface area contributed by atoms with Gasteiger partial charge in [0.2, 0.25) is 29.5 Å². The zero-order valence-electron chi connectivity index (χ0n) is 33.5. The Morgan fingerprint density at radius 1 is 0.712 bits per heavy atom. The zero-order chi connectivity index (χ0) is 42.9. The van der Waals surface area contributed by atoms with Crippen LogP contribution in [0.2, 0.25) is 0 Å². The molecule has 0 unspecified atom stereocenters. The Hall–Kier alpha value is -5.84. The summed E-state index contributed by atoms with van der Waals surface area (Å²) < 4.78 is 0. The predicted octanol–water partition coefficient (Wildman–Crippen LogP) is 1.76. The first-order chi connectivity index (χ1) is 28.2. The number of carbonyl (C=O) groups excluding carboxylic acids is 5. The van der Waals surface area contributed by atoms with Gasteiger partial charge in [0.1, 0.15) is 36.0 Å². The Balaban J connectivity index is 1.72. The van der Waals surface area contributed by atoms with Gasteiger partial charge in [-0.1, -0.05) is 73.9 Å². The third-order valence-electron chi connectivity index (χ3n) is 10.2. The zero-order valence-corrected chi connectivity index (χ0v) is 34.4. The highest BCUT2D eigenvalue weighted by molar-refractivity contribution is 7.80. The molecule has 0 aromatic heterocycles. The molecule has 5 atom stereocenters. The van der Waals surface area contributed by atoms with Crippen LogP contribution in [0.15, 0.2) is 71.7 Å². The van der Waals surface area contributed by atoms with Crippen molar-refractivity contribution in [2.45, 2.75) is 101 Å². The molecule has 3 aromatic rings. The second kappa shape index (κ2) is 22.9. The van der Waals surface area contributed by atoms with Crippen LogP contribution in [0.4, 0.5) is 0 Å². The minimum absolute atomic E-state index is 0.00421. The van der Waals surface area contributed by atoms with Crippen molar-refractivity contribution in [3.8, 4) is 5.75 Å². The molecular weight excluding hydrogens is 773 g/mol. The normalized spacial score (nSPS) is 20.7. The quantitative estimate of drug-likeness (QED) is 0.0411. The molecule has 1 heterocycles. The number of rotatable bonds is 17. The van der Waals surface area contributed by atoms with Gasteiger partial charge in [-0.05, 0) is 66.6 Å². The van der Waals surface area contributed by atoms with Gasteiger partial charge < -0.3 is 48.5 Å². The highest BCUT2D eigenvalue weighted by Gasteiger charge is 2.36. The van der Waals surface area contributed by atoms with E-state index in [0.717, 1.165) is 22.8 Å². The Kier molecular flexibility index (Phi) is 17.8. The number of carbonyl (C=O) groups is 5. The van der Waals surface area contributed by atoms with Gasteiger partial charge in [-0.25, -0.2) is 0 Å². The summed E-state index contributed by atoms with van der Waals surface area (Å²) in [7, 11) is 0. The van der Waals surface area contributed by atoms with Crippen molar-refractivity contribution < 1.29 is 29.1 Å². The van der Waals surface area contributed by atoms with Crippen LogP contribution in [0.5, 0.6) is 5.75 Å². The summed E-state index contributed by atoms with van der Waals surface area (Å²) in [6, 6.07) is 13.9. The molecule has 1 saturated heterocycles. The van der Waals surface area contributed by atoms with Crippen LogP contribution in [-0.2, 0) is 36.8 Å². The molecule has 1 aliphatic heterocycles. The van der Waals surface area contributed by atoms with Crippen LogP contribution < -0.4 is 38.5 Å². The number of amides is 5. The molecule has 0 aliphatic carbocycles. The fraction of sp³-hybridized carbons (Fsp3) is 0.452. The van der Waals surface area contributed by atoms with E-state index in [4.69, 9.17) is 22.6 Å². The molecule has 4 rings (SSSR count). The third-order valence-corrected chi connectivity index (χ3v) is 10.6. The minimum atomic E-state index is -1.21. The van der Waals surface area contributed by atoms with Gasteiger partial charge in [0.25, 0.3) is 0 Å². The number of aromatic hydroxyl groups is 1. The number of thiol groups is 1. The minimum Gasteiger partial charge on any atom is -0.508 e. The lowest BCUT2D eigenvalue weighted by atomic mass is 10.00. The number of benzene rings is 3. The van der Waals surface area contributed by atoms with Gasteiger partial charge in [0.05, 0.1) is 5.84 Å². The molecule has 17 heteroatoms. The number of aliphatic imine (C=N–C) groups is 1. The lowest BCUT2D eigenvalue weighted by molar-refractivity contribution is -0.143. The van der Waals surface area contributed by atoms with Gasteiger partial charge in [-0.3, -0.25) is 34.4 Å². The molecule has 0 saturated carbocycles. The lowest BCUT2D eigenvalue weighted by Gasteiger charge is -2.33. The van der Waals surface area contributed by atoms with E-state index in [1.165, 1.54) is 17.0 Å². The number of hydrogen-bond donors (Lipinski definition) is 10. The van der Waals surface area contributed by atoms with E-state index in [-0.39, 0.29) is 49.1 Å². The van der Waals surface area contributed by atoms with Gasteiger partial charge in [0.15, 0.2) is 5.96 Å². The van der Waals surface area contributed by atoms with E-state index in [1.54, 1.807) is 19.1 Å². The molecule has 0 radical (unpaired) electrons. The molecule has 12 N–H and O–H groups in total. The molecule has 16 nitrogen and oxygen atoms in total. The predicted molar refractivity (Wildman–Crippen MR) is 232 cm³/mol. The number of guanidine groups is 1. The van der Waals surface area contributed by atoms with E-state index >= 15 is 0 Å². The van der Waals surface area contributed by atoms with Crippen molar-refractivity contribution in [1.82, 2.24) is 26.2 Å². The van der Waals surface area contributed by atoms with Crippen molar-refractivity contribution >= 4 is 64.7 Å². The number of hydrogen-bond acceptors (Lipinski definition) is 9. The second-order valence-electron chi connectivity index (χ2n) is 14.9. The van der Waals surface area contributed by atoms with Crippen molar-refractivity contribution in [3.05, 3.63) is 77.9 Å². The molecule has 0 bridgehead atoms. The SMILES string of the molecule is C[C@@H]1C(=O)N[C@@H](CCCCC(=N)N)C(=O)N[C@@H](Cc2ccc3ccccc3c2)C(=O)N[C@H](CS)C(=O)N[C@H](Cc2ccc(O)cc2)C(=O)N1CCCCCCN=C(N)N. The summed E-state index contributed by atoms with van der Waals surface area (Å²) in [5.74, 6) is -3.23. The molecule has 0 spiro atoms. The van der Waals surface area contributed by atoms with Crippen LogP contribution in [0.25, 0.3) is 10.8 Å².